The fourth-order valence-corrected chi connectivity index (χ4v) is 1.55. The molecule has 0 fully saturated rings. The summed E-state index contributed by atoms with van der Waals surface area (Å²) in [7, 11) is 0. The normalized spacial score (nSPS) is 11.6. The van der Waals surface area contributed by atoms with E-state index >= 15 is 0 Å². The van der Waals surface area contributed by atoms with Gasteiger partial charge in [0.15, 0.2) is 0 Å². The number of hydrogen-bond donors (Lipinski definition) is 0. The Kier molecular flexibility index (Phi) is 4.62. The van der Waals surface area contributed by atoms with E-state index in [2.05, 4.69) is 42.9 Å². The van der Waals surface area contributed by atoms with Gasteiger partial charge in [0.05, 0.1) is 0 Å². The molecule has 16 heavy (non-hydrogen) atoms. The molecule has 0 heterocycles. The summed E-state index contributed by atoms with van der Waals surface area (Å²) >= 11 is 0. The molecule has 0 radical (unpaired) electrons. The zero-order valence-electron chi connectivity index (χ0n) is 9.68. The zero-order valence-corrected chi connectivity index (χ0v) is 9.68. The Bertz CT molecular complexity index is 402. The molecule has 1 rings (SSSR count). The summed E-state index contributed by atoms with van der Waals surface area (Å²) in [4.78, 5) is 13.8. The van der Waals surface area contributed by atoms with E-state index in [1.807, 2.05) is 0 Å². The largest absolute Gasteiger partial charge is 0.361 e. The fraction of sp³-hybridized carbons (Fsp3) is 0.385. The van der Waals surface area contributed by atoms with Crippen LogP contribution >= 0.6 is 0 Å². The lowest BCUT2D eigenvalue weighted by Gasteiger charge is -2.10. The van der Waals surface area contributed by atoms with Gasteiger partial charge in [-0.05, 0) is 24.8 Å². The predicted octanol–water partition coefficient (Wildman–Crippen LogP) is 2.75. The first-order chi connectivity index (χ1) is 7.63. The van der Waals surface area contributed by atoms with E-state index in [4.69, 9.17) is 5.53 Å². The number of carbonyl (C=O) groups is 1. The second kappa shape index (κ2) is 5.99. The first-order valence-corrected chi connectivity index (χ1v) is 5.40. The molecule has 0 bridgehead atoms. The molecule has 1 atom stereocenters. The quantitative estimate of drug-likeness (QED) is 0.424. The maximum absolute atomic E-state index is 11.1. The van der Waals surface area contributed by atoms with Crippen molar-refractivity contribution in [3.05, 3.63) is 40.9 Å². The summed E-state index contributed by atoms with van der Waals surface area (Å²) in [6.45, 7) is 4.14. The van der Waals surface area contributed by atoms with Crippen LogP contribution in [0, 0.1) is 6.92 Å². The van der Waals surface area contributed by atoms with Crippen LogP contribution in [0.25, 0.3) is 5.53 Å². The van der Waals surface area contributed by atoms with Crippen LogP contribution < -0.4 is 0 Å². The average Bonchev–Trinajstić information content (AvgIpc) is 2.27. The summed E-state index contributed by atoms with van der Waals surface area (Å²) in [5, 5.41) is 0. The summed E-state index contributed by atoms with van der Waals surface area (Å²) in [6.07, 6.45) is 2.15. The van der Waals surface area contributed by atoms with Crippen LogP contribution in [-0.4, -0.2) is 16.8 Å². The lowest BCUT2D eigenvalue weighted by atomic mass is 9.95. The molecule has 0 aliphatic heterocycles. The molecule has 0 spiro atoms. The Labute approximate surface area is 95.7 Å². The molecule has 0 N–H and O–H groups in total. The van der Waals surface area contributed by atoms with Gasteiger partial charge in [-0.3, -0.25) is 4.79 Å². The highest BCUT2D eigenvalue weighted by Gasteiger charge is 2.09. The van der Waals surface area contributed by atoms with Gasteiger partial charge < -0.3 is 5.53 Å². The van der Waals surface area contributed by atoms with E-state index in [1.54, 1.807) is 0 Å². The lowest BCUT2D eigenvalue weighted by molar-refractivity contribution is -0.116. The molecule has 0 aliphatic rings. The molecule has 1 unspecified atom stereocenters. The van der Waals surface area contributed by atoms with Gasteiger partial charge in [-0.25, -0.2) is 0 Å². The molecule has 0 amide bonds. The van der Waals surface area contributed by atoms with Crippen LogP contribution in [0.1, 0.15) is 36.8 Å². The standard InChI is InChI=1S/C13H16N2O/c1-10-3-6-12(7-4-10)11(2)5-8-13(16)9-15-14/h3-4,6-7,9,11H,5,8H2,1-2H3. The SMILES string of the molecule is Cc1ccc(C(C)CCC(=O)C=[N+]=[N-])cc1. The maximum atomic E-state index is 11.1. The van der Waals surface area contributed by atoms with E-state index in [0.717, 1.165) is 12.6 Å². The highest BCUT2D eigenvalue weighted by Crippen LogP contribution is 2.20. The first-order valence-electron chi connectivity index (χ1n) is 5.40. The molecule has 0 saturated carbocycles. The van der Waals surface area contributed by atoms with Crippen molar-refractivity contribution in [1.82, 2.24) is 0 Å². The van der Waals surface area contributed by atoms with Crippen molar-refractivity contribution in [2.24, 2.45) is 0 Å². The van der Waals surface area contributed by atoms with Crippen molar-refractivity contribution < 1.29 is 9.58 Å². The third kappa shape index (κ3) is 3.79. The third-order valence-corrected chi connectivity index (χ3v) is 2.67. The zero-order chi connectivity index (χ0) is 12.0. The van der Waals surface area contributed by atoms with Crippen LogP contribution in [0.3, 0.4) is 0 Å². The van der Waals surface area contributed by atoms with E-state index in [-0.39, 0.29) is 5.78 Å². The van der Waals surface area contributed by atoms with Crippen molar-refractivity contribution in [1.29, 1.82) is 0 Å². The van der Waals surface area contributed by atoms with Crippen molar-refractivity contribution in [2.75, 3.05) is 0 Å². The van der Waals surface area contributed by atoms with E-state index in [1.165, 1.54) is 11.1 Å². The Hall–Kier alpha value is -1.73. The Morgan fingerprint density at radius 2 is 2.06 bits per heavy atom. The second-order valence-corrected chi connectivity index (χ2v) is 4.06. The highest BCUT2D eigenvalue weighted by molar-refractivity contribution is 6.25. The van der Waals surface area contributed by atoms with Crippen molar-refractivity contribution >= 4 is 12.0 Å². The van der Waals surface area contributed by atoms with Gasteiger partial charge in [-0.1, -0.05) is 36.8 Å². The monoisotopic (exact) mass is 216 g/mol. The smallest absolute Gasteiger partial charge is 0.323 e. The van der Waals surface area contributed by atoms with Gasteiger partial charge in [-0.2, -0.15) is 4.79 Å². The van der Waals surface area contributed by atoms with Crippen LogP contribution in [0.15, 0.2) is 24.3 Å². The van der Waals surface area contributed by atoms with Gasteiger partial charge >= 0.3 is 6.21 Å². The van der Waals surface area contributed by atoms with Crippen LogP contribution in [0.2, 0.25) is 0 Å². The molecule has 3 heteroatoms. The molecule has 3 nitrogen and oxygen atoms in total. The first kappa shape index (κ1) is 12.3. The average molecular weight is 216 g/mol. The number of hydrogen-bond acceptors (Lipinski definition) is 1. The minimum absolute atomic E-state index is 0.138. The fourth-order valence-electron chi connectivity index (χ4n) is 1.55. The molecule has 0 aromatic heterocycles. The van der Waals surface area contributed by atoms with E-state index < -0.39 is 0 Å². The Morgan fingerprint density at radius 1 is 1.44 bits per heavy atom. The minimum Gasteiger partial charge on any atom is -0.361 e. The minimum atomic E-state index is -0.138. The maximum Gasteiger partial charge on any atom is 0.323 e. The topological polar surface area (TPSA) is 53.5 Å². The molecule has 84 valence electrons. The number of rotatable bonds is 5. The van der Waals surface area contributed by atoms with Crippen molar-refractivity contribution in [3.63, 3.8) is 0 Å². The summed E-state index contributed by atoms with van der Waals surface area (Å²) < 4.78 is 0. The predicted molar refractivity (Wildman–Crippen MR) is 63.5 cm³/mol. The Morgan fingerprint density at radius 3 is 2.62 bits per heavy atom. The van der Waals surface area contributed by atoms with Gasteiger partial charge in [0.25, 0.3) is 0 Å². The molecule has 1 aromatic carbocycles. The second-order valence-electron chi connectivity index (χ2n) is 4.06. The molecule has 1 aromatic rings. The van der Waals surface area contributed by atoms with Crippen LogP contribution in [-0.2, 0) is 4.79 Å². The van der Waals surface area contributed by atoms with Crippen molar-refractivity contribution in [3.8, 4) is 0 Å². The number of benzene rings is 1. The summed E-state index contributed by atoms with van der Waals surface area (Å²) in [5.74, 6) is 0.207. The van der Waals surface area contributed by atoms with Crippen LogP contribution in [0.5, 0.6) is 0 Å². The lowest BCUT2D eigenvalue weighted by Crippen LogP contribution is -2.03. The van der Waals surface area contributed by atoms with Gasteiger partial charge in [-0.15, -0.1) is 0 Å². The summed E-state index contributed by atoms with van der Waals surface area (Å²) in [6, 6.07) is 8.32. The number of carbonyl (C=O) groups excluding carboxylic acids is 1. The molecular formula is C13H16N2O. The van der Waals surface area contributed by atoms with Gasteiger partial charge in [0.2, 0.25) is 5.78 Å². The highest BCUT2D eigenvalue weighted by atomic mass is 16.1. The number of ketones is 1. The number of Topliss-reactive ketones (excluding diaryl/α,β-unsaturated/α-hetero) is 1. The molecule has 0 aliphatic carbocycles. The molecule has 0 saturated heterocycles. The Balaban J connectivity index is 2.52. The van der Waals surface area contributed by atoms with Gasteiger partial charge in [0.1, 0.15) is 0 Å². The van der Waals surface area contributed by atoms with E-state index in [0.29, 0.717) is 12.3 Å². The van der Waals surface area contributed by atoms with Crippen LogP contribution in [0.4, 0.5) is 0 Å². The third-order valence-electron chi connectivity index (χ3n) is 2.67. The number of nitrogens with zero attached hydrogens (tertiary/aromatic N) is 2. The summed E-state index contributed by atoms with van der Waals surface area (Å²) in [5.41, 5.74) is 10.7. The molecular weight excluding hydrogens is 200 g/mol. The van der Waals surface area contributed by atoms with E-state index in [9.17, 15) is 4.79 Å². The number of aryl methyl sites for hydroxylation is 1. The van der Waals surface area contributed by atoms with Gasteiger partial charge in [0, 0.05) is 6.42 Å². The van der Waals surface area contributed by atoms with Crippen molar-refractivity contribution in [2.45, 2.75) is 32.6 Å².